The van der Waals surface area contributed by atoms with Gasteiger partial charge in [-0.3, -0.25) is 0 Å². The molecule has 2 aromatic rings. The minimum atomic E-state index is -0.931. The van der Waals surface area contributed by atoms with E-state index in [0.717, 1.165) is 16.7 Å². The topological polar surface area (TPSA) is 47.1 Å². The van der Waals surface area contributed by atoms with Gasteiger partial charge in [-0.1, -0.05) is 0 Å². The Kier molecular flexibility index (Phi) is 3.60. The Hall–Kier alpha value is -1.73. The van der Waals surface area contributed by atoms with Crippen LogP contribution in [0.2, 0.25) is 0 Å². The second-order valence-corrected chi connectivity index (χ2v) is 7.96. The van der Waals surface area contributed by atoms with Crippen molar-refractivity contribution in [3.05, 3.63) is 41.1 Å². The van der Waals surface area contributed by atoms with E-state index in [1.165, 1.54) is 12.3 Å². The first kappa shape index (κ1) is 16.7. The number of aromatic amines is 1. The molecule has 132 valence electrons. The van der Waals surface area contributed by atoms with Gasteiger partial charge in [-0.2, -0.15) is 0 Å². The lowest BCUT2D eigenvalue weighted by atomic mass is 9.71. The quantitative estimate of drug-likeness (QED) is 0.818. The number of hydrogen-bond donors (Lipinski definition) is 1. The average Bonchev–Trinajstić information content (AvgIpc) is 2.95. The van der Waals surface area contributed by atoms with Gasteiger partial charge in [0.05, 0.1) is 17.4 Å². The molecule has 2 aromatic heterocycles. The molecule has 4 rings (SSSR count). The minimum absolute atomic E-state index is 0.181. The fraction of sp³-hybridized carbons (Fsp3) is 0.500. The van der Waals surface area contributed by atoms with Gasteiger partial charge >= 0.3 is 7.12 Å². The highest BCUT2D eigenvalue weighted by Gasteiger charge is 2.54. The standard InChI is InChI=1S/C18H21BF2N2O2/c1-17(2)18(3,4)25-19(24-17)15(21)11-5-10(6-11)14-8-12-7-13(20)9-22-16(12)23-14/h7-10H,5-6H2,1-4H3,(H,22,23). The summed E-state index contributed by atoms with van der Waals surface area (Å²) in [6.45, 7) is 7.63. The number of rotatable bonds is 2. The summed E-state index contributed by atoms with van der Waals surface area (Å²) in [5, 5.41) is 0.735. The number of fused-ring (bicyclic) bond motifs is 1. The second-order valence-electron chi connectivity index (χ2n) is 7.96. The van der Waals surface area contributed by atoms with E-state index in [9.17, 15) is 8.78 Å². The Morgan fingerprint density at radius 3 is 2.48 bits per heavy atom. The number of nitrogens with one attached hydrogen (secondary N) is 1. The van der Waals surface area contributed by atoms with Crippen LogP contribution in [0.15, 0.2) is 29.6 Å². The van der Waals surface area contributed by atoms with Gasteiger partial charge < -0.3 is 14.3 Å². The molecule has 2 fully saturated rings. The molecule has 1 N–H and O–H groups in total. The van der Waals surface area contributed by atoms with Crippen LogP contribution in [0.3, 0.4) is 0 Å². The number of halogens is 2. The predicted octanol–water partition coefficient (Wildman–Crippen LogP) is 4.43. The summed E-state index contributed by atoms with van der Waals surface area (Å²) >= 11 is 0. The third-order valence-electron chi connectivity index (χ3n) is 5.68. The maximum atomic E-state index is 14.7. The van der Waals surface area contributed by atoms with Crippen molar-refractivity contribution < 1.29 is 18.1 Å². The number of H-pyrrole nitrogens is 1. The van der Waals surface area contributed by atoms with Crippen molar-refractivity contribution in [3.63, 3.8) is 0 Å². The maximum Gasteiger partial charge on any atom is 0.525 e. The molecule has 0 bridgehead atoms. The highest BCUT2D eigenvalue weighted by molar-refractivity contribution is 6.53. The Labute approximate surface area is 145 Å². The van der Waals surface area contributed by atoms with E-state index in [0.29, 0.717) is 18.5 Å². The van der Waals surface area contributed by atoms with Crippen LogP contribution in [-0.4, -0.2) is 28.3 Å². The average molecular weight is 346 g/mol. The number of nitrogens with zero attached hydrogens (tertiary/aromatic N) is 1. The molecule has 7 heteroatoms. The van der Waals surface area contributed by atoms with Crippen LogP contribution in [0, 0.1) is 5.82 Å². The third-order valence-corrected chi connectivity index (χ3v) is 5.68. The van der Waals surface area contributed by atoms with Gasteiger partial charge in [0.15, 0.2) is 0 Å². The van der Waals surface area contributed by atoms with Crippen LogP contribution >= 0.6 is 0 Å². The smallest absolute Gasteiger partial charge is 0.398 e. The lowest BCUT2D eigenvalue weighted by Gasteiger charge is -2.32. The van der Waals surface area contributed by atoms with Crippen molar-refractivity contribution in [1.82, 2.24) is 9.97 Å². The first-order chi connectivity index (χ1) is 11.7. The summed E-state index contributed by atoms with van der Waals surface area (Å²) < 4.78 is 39.5. The van der Waals surface area contributed by atoms with Crippen LogP contribution in [0.4, 0.5) is 8.78 Å². The van der Waals surface area contributed by atoms with Crippen molar-refractivity contribution in [1.29, 1.82) is 0 Å². The first-order valence-electron chi connectivity index (χ1n) is 8.53. The van der Waals surface area contributed by atoms with Crippen molar-refractivity contribution >= 4 is 18.2 Å². The van der Waals surface area contributed by atoms with E-state index in [1.807, 2.05) is 33.8 Å². The van der Waals surface area contributed by atoms with Crippen LogP contribution in [0.1, 0.15) is 52.1 Å². The summed E-state index contributed by atoms with van der Waals surface area (Å²) in [7, 11) is -0.931. The van der Waals surface area contributed by atoms with Crippen LogP contribution in [0.25, 0.3) is 11.0 Å². The fourth-order valence-corrected chi connectivity index (χ4v) is 3.29. The molecule has 0 aromatic carbocycles. The molecule has 2 aliphatic rings. The minimum Gasteiger partial charge on any atom is -0.398 e. The van der Waals surface area contributed by atoms with E-state index in [2.05, 4.69) is 9.97 Å². The lowest BCUT2D eigenvalue weighted by molar-refractivity contribution is 0.00578. The molecule has 1 saturated heterocycles. The Bertz CT molecular complexity index is 851. The molecule has 0 atom stereocenters. The molecule has 0 radical (unpaired) electrons. The number of allylic oxidation sites excluding steroid dienone is 1. The molecule has 1 saturated carbocycles. The molecular weight excluding hydrogens is 325 g/mol. The van der Waals surface area contributed by atoms with E-state index >= 15 is 0 Å². The lowest BCUT2D eigenvalue weighted by Crippen LogP contribution is -2.41. The van der Waals surface area contributed by atoms with Gasteiger partial charge in [0, 0.05) is 17.0 Å². The van der Waals surface area contributed by atoms with Crippen LogP contribution in [-0.2, 0) is 9.31 Å². The van der Waals surface area contributed by atoms with Gasteiger partial charge in [-0.15, -0.1) is 0 Å². The highest BCUT2D eigenvalue weighted by Crippen LogP contribution is 2.46. The van der Waals surface area contributed by atoms with Crippen molar-refractivity contribution in [2.45, 2.75) is 57.7 Å². The summed E-state index contributed by atoms with van der Waals surface area (Å²) in [5.74, 6) is -0.181. The first-order valence-corrected chi connectivity index (χ1v) is 8.53. The maximum absolute atomic E-state index is 14.7. The second kappa shape index (κ2) is 5.38. The van der Waals surface area contributed by atoms with Crippen molar-refractivity contribution in [3.8, 4) is 0 Å². The zero-order chi connectivity index (χ0) is 18.0. The summed E-state index contributed by atoms with van der Waals surface area (Å²) in [5.41, 5.74) is 0.924. The van der Waals surface area contributed by atoms with Crippen LogP contribution in [0.5, 0.6) is 0 Å². The third kappa shape index (κ3) is 2.70. The molecule has 25 heavy (non-hydrogen) atoms. The largest absolute Gasteiger partial charge is 0.525 e. The molecule has 0 spiro atoms. The van der Waals surface area contributed by atoms with Gasteiger partial charge in [0.25, 0.3) is 0 Å². The normalized spacial score (nSPS) is 24.6. The van der Waals surface area contributed by atoms with Gasteiger partial charge in [-0.05, 0) is 58.2 Å². The zero-order valence-electron chi connectivity index (χ0n) is 14.8. The zero-order valence-corrected chi connectivity index (χ0v) is 14.8. The van der Waals surface area contributed by atoms with E-state index in [4.69, 9.17) is 9.31 Å². The molecule has 1 aliphatic carbocycles. The number of aromatic nitrogens is 2. The molecule has 0 amide bonds. The molecule has 4 nitrogen and oxygen atoms in total. The Balaban J connectivity index is 1.49. The molecule has 3 heterocycles. The SMILES string of the molecule is CC1(C)OB(C(F)=C2CC(c3cc4cc(F)cnc4[nH]3)C2)OC1(C)C. The highest BCUT2D eigenvalue weighted by atomic mass is 19.1. The number of pyridine rings is 1. The fourth-order valence-electron chi connectivity index (χ4n) is 3.29. The van der Waals surface area contributed by atoms with E-state index < -0.39 is 18.3 Å². The number of hydrogen-bond acceptors (Lipinski definition) is 3. The monoisotopic (exact) mass is 346 g/mol. The Morgan fingerprint density at radius 2 is 1.84 bits per heavy atom. The van der Waals surface area contributed by atoms with Crippen molar-refractivity contribution in [2.75, 3.05) is 0 Å². The summed E-state index contributed by atoms with van der Waals surface area (Å²) in [6, 6.07) is 3.34. The van der Waals surface area contributed by atoms with Gasteiger partial charge in [0.1, 0.15) is 17.2 Å². The summed E-state index contributed by atoms with van der Waals surface area (Å²) in [4.78, 5) is 7.23. The molecule has 0 unspecified atom stereocenters. The van der Waals surface area contributed by atoms with Crippen LogP contribution < -0.4 is 0 Å². The molecule has 1 aliphatic heterocycles. The van der Waals surface area contributed by atoms with Crippen molar-refractivity contribution in [2.24, 2.45) is 0 Å². The summed E-state index contributed by atoms with van der Waals surface area (Å²) in [6.07, 6.45) is 2.39. The van der Waals surface area contributed by atoms with E-state index in [-0.39, 0.29) is 17.5 Å². The van der Waals surface area contributed by atoms with Gasteiger partial charge in [0.2, 0.25) is 0 Å². The van der Waals surface area contributed by atoms with E-state index in [1.54, 1.807) is 0 Å². The van der Waals surface area contributed by atoms with Gasteiger partial charge in [-0.25, -0.2) is 13.8 Å². The predicted molar refractivity (Wildman–Crippen MR) is 92.2 cm³/mol. The Morgan fingerprint density at radius 1 is 1.20 bits per heavy atom. The molecular formula is C18H21BF2N2O2.